The first-order valence-electron chi connectivity index (χ1n) is 8.75. The average molecular weight is 343 g/mol. The lowest BCUT2D eigenvalue weighted by atomic mass is 10.1. The summed E-state index contributed by atoms with van der Waals surface area (Å²) in [5.41, 5.74) is 2.39. The van der Waals surface area contributed by atoms with E-state index in [1.54, 1.807) is 14.2 Å². The normalized spacial score (nSPS) is 10.8. The van der Waals surface area contributed by atoms with E-state index in [-0.39, 0.29) is 0 Å². The van der Waals surface area contributed by atoms with E-state index in [1.807, 2.05) is 24.3 Å². The number of nitrogens with one attached hydrogen (secondary N) is 1. The van der Waals surface area contributed by atoms with E-state index in [9.17, 15) is 0 Å². The standard InChI is InChI=1S/C21H29NO3/c1-16(2)11-12-25-20-10-7-18(13-21(20)24-4)15-22-14-17-5-8-19(23-3)9-6-17/h5-10,13,16,22H,11-12,14-15H2,1-4H3. The summed E-state index contributed by atoms with van der Waals surface area (Å²) in [6.07, 6.45) is 1.04. The Morgan fingerprint density at radius 1 is 0.840 bits per heavy atom. The minimum atomic E-state index is 0.632. The maximum atomic E-state index is 5.83. The molecule has 0 aliphatic carbocycles. The number of benzene rings is 2. The molecular weight excluding hydrogens is 314 g/mol. The summed E-state index contributed by atoms with van der Waals surface area (Å²) in [7, 11) is 3.36. The summed E-state index contributed by atoms with van der Waals surface area (Å²) in [6.45, 7) is 6.67. The molecule has 4 nitrogen and oxygen atoms in total. The van der Waals surface area contributed by atoms with Gasteiger partial charge in [-0.25, -0.2) is 0 Å². The van der Waals surface area contributed by atoms with Gasteiger partial charge in [0.15, 0.2) is 11.5 Å². The molecule has 2 rings (SSSR count). The fraction of sp³-hybridized carbons (Fsp3) is 0.429. The molecule has 0 fully saturated rings. The first-order valence-corrected chi connectivity index (χ1v) is 8.75. The van der Waals surface area contributed by atoms with E-state index in [2.05, 4.69) is 37.4 Å². The zero-order chi connectivity index (χ0) is 18.1. The van der Waals surface area contributed by atoms with Gasteiger partial charge in [0.1, 0.15) is 5.75 Å². The molecule has 0 spiro atoms. The molecule has 0 amide bonds. The van der Waals surface area contributed by atoms with Gasteiger partial charge < -0.3 is 19.5 Å². The molecule has 0 heterocycles. The number of methoxy groups -OCH3 is 2. The first-order chi connectivity index (χ1) is 12.1. The van der Waals surface area contributed by atoms with Crippen molar-refractivity contribution in [3.05, 3.63) is 53.6 Å². The topological polar surface area (TPSA) is 39.7 Å². The molecule has 0 radical (unpaired) electrons. The largest absolute Gasteiger partial charge is 0.497 e. The summed E-state index contributed by atoms with van der Waals surface area (Å²) < 4.78 is 16.5. The van der Waals surface area contributed by atoms with Gasteiger partial charge in [-0.05, 0) is 47.7 Å². The molecule has 0 aromatic heterocycles. The summed E-state index contributed by atoms with van der Waals surface area (Å²) >= 11 is 0. The Hall–Kier alpha value is -2.20. The minimum absolute atomic E-state index is 0.632. The van der Waals surface area contributed by atoms with E-state index >= 15 is 0 Å². The van der Waals surface area contributed by atoms with Crippen molar-refractivity contribution in [3.63, 3.8) is 0 Å². The second-order valence-corrected chi connectivity index (χ2v) is 6.47. The molecule has 2 aromatic carbocycles. The Kier molecular flexibility index (Phi) is 7.61. The van der Waals surface area contributed by atoms with Gasteiger partial charge in [-0.15, -0.1) is 0 Å². The van der Waals surface area contributed by atoms with Crippen molar-refractivity contribution in [2.75, 3.05) is 20.8 Å². The van der Waals surface area contributed by atoms with Crippen molar-refractivity contribution in [2.45, 2.75) is 33.4 Å². The van der Waals surface area contributed by atoms with Gasteiger partial charge in [0.2, 0.25) is 0 Å². The van der Waals surface area contributed by atoms with Crippen LogP contribution in [0, 0.1) is 5.92 Å². The molecule has 0 saturated carbocycles. The highest BCUT2D eigenvalue weighted by molar-refractivity contribution is 5.43. The lowest BCUT2D eigenvalue weighted by molar-refractivity contribution is 0.273. The molecule has 1 N–H and O–H groups in total. The summed E-state index contributed by atoms with van der Waals surface area (Å²) in [5, 5.41) is 3.45. The maximum absolute atomic E-state index is 5.83. The average Bonchev–Trinajstić information content (AvgIpc) is 2.63. The Balaban J connectivity index is 1.86. The molecule has 25 heavy (non-hydrogen) atoms. The van der Waals surface area contributed by atoms with Crippen molar-refractivity contribution >= 4 is 0 Å². The number of hydrogen-bond acceptors (Lipinski definition) is 4. The predicted molar refractivity (Wildman–Crippen MR) is 101 cm³/mol. The van der Waals surface area contributed by atoms with E-state index in [1.165, 1.54) is 11.1 Å². The fourth-order valence-electron chi connectivity index (χ4n) is 2.44. The second kappa shape index (κ2) is 9.94. The molecule has 0 bridgehead atoms. The third kappa shape index (κ3) is 6.31. The highest BCUT2D eigenvalue weighted by Crippen LogP contribution is 2.28. The third-order valence-electron chi connectivity index (χ3n) is 4.00. The Labute approximate surface area is 151 Å². The van der Waals surface area contributed by atoms with Crippen LogP contribution in [0.3, 0.4) is 0 Å². The van der Waals surface area contributed by atoms with E-state index < -0.39 is 0 Å². The summed E-state index contributed by atoms with van der Waals surface area (Å²) in [5.74, 6) is 3.10. The van der Waals surface area contributed by atoms with Gasteiger partial charge >= 0.3 is 0 Å². The lowest BCUT2D eigenvalue weighted by Gasteiger charge is -2.13. The Morgan fingerprint density at radius 2 is 1.52 bits per heavy atom. The smallest absolute Gasteiger partial charge is 0.161 e. The van der Waals surface area contributed by atoms with Crippen LogP contribution in [-0.2, 0) is 13.1 Å². The summed E-state index contributed by atoms with van der Waals surface area (Å²) in [4.78, 5) is 0. The molecule has 2 aromatic rings. The molecule has 0 aliphatic heterocycles. The van der Waals surface area contributed by atoms with Crippen molar-refractivity contribution < 1.29 is 14.2 Å². The number of ether oxygens (including phenoxy) is 3. The summed E-state index contributed by atoms with van der Waals surface area (Å²) in [6, 6.07) is 14.2. The van der Waals surface area contributed by atoms with Gasteiger partial charge in [-0.3, -0.25) is 0 Å². The zero-order valence-corrected chi connectivity index (χ0v) is 15.7. The van der Waals surface area contributed by atoms with E-state index in [0.29, 0.717) is 12.5 Å². The Bertz CT molecular complexity index is 638. The monoisotopic (exact) mass is 343 g/mol. The molecular formula is C21H29NO3. The van der Waals surface area contributed by atoms with Crippen molar-refractivity contribution in [1.82, 2.24) is 5.32 Å². The fourth-order valence-corrected chi connectivity index (χ4v) is 2.44. The highest BCUT2D eigenvalue weighted by Gasteiger charge is 2.06. The molecule has 0 saturated heterocycles. The van der Waals surface area contributed by atoms with Gasteiger partial charge in [0.05, 0.1) is 20.8 Å². The van der Waals surface area contributed by atoms with Crippen LogP contribution >= 0.6 is 0 Å². The number of rotatable bonds is 10. The number of hydrogen-bond donors (Lipinski definition) is 1. The van der Waals surface area contributed by atoms with Gasteiger partial charge in [0, 0.05) is 13.1 Å². The van der Waals surface area contributed by atoms with Gasteiger partial charge in [-0.2, -0.15) is 0 Å². The Morgan fingerprint density at radius 3 is 2.16 bits per heavy atom. The SMILES string of the molecule is COc1ccc(CNCc2ccc(OCCC(C)C)c(OC)c2)cc1. The minimum Gasteiger partial charge on any atom is -0.497 e. The molecule has 0 unspecified atom stereocenters. The van der Waals surface area contributed by atoms with Crippen LogP contribution in [0.25, 0.3) is 0 Å². The van der Waals surface area contributed by atoms with E-state index in [4.69, 9.17) is 14.2 Å². The van der Waals surface area contributed by atoms with Crippen LogP contribution in [-0.4, -0.2) is 20.8 Å². The van der Waals surface area contributed by atoms with Gasteiger partial charge in [-0.1, -0.05) is 32.0 Å². The predicted octanol–water partition coefficient (Wildman–Crippen LogP) is 4.42. The van der Waals surface area contributed by atoms with Crippen LogP contribution in [0.1, 0.15) is 31.4 Å². The van der Waals surface area contributed by atoms with Crippen LogP contribution in [0.4, 0.5) is 0 Å². The quantitative estimate of drug-likeness (QED) is 0.693. The van der Waals surface area contributed by atoms with Crippen LogP contribution in [0.15, 0.2) is 42.5 Å². The molecule has 0 aliphatic rings. The molecule has 4 heteroatoms. The van der Waals surface area contributed by atoms with Gasteiger partial charge in [0.25, 0.3) is 0 Å². The van der Waals surface area contributed by atoms with Crippen LogP contribution in [0.2, 0.25) is 0 Å². The third-order valence-corrected chi connectivity index (χ3v) is 4.00. The lowest BCUT2D eigenvalue weighted by Crippen LogP contribution is -2.12. The second-order valence-electron chi connectivity index (χ2n) is 6.47. The van der Waals surface area contributed by atoms with Crippen LogP contribution < -0.4 is 19.5 Å². The zero-order valence-electron chi connectivity index (χ0n) is 15.7. The van der Waals surface area contributed by atoms with Crippen LogP contribution in [0.5, 0.6) is 17.2 Å². The van der Waals surface area contributed by atoms with Crippen molar-refractivity contribution in [2.24, 2.45) is 5.92 Å². The molecule has 136 valence electrons. The first kappa shape index (κ1) is 19.1. The maximum Gasteiger partial charge on any atom is 0.161 e. The highest BCUT2D eigenvalue weighted by atomic mass is 16.5. The van der Waals surface area contributed by atoms with Crippen molar-refractivity contribution in [3.8, 4) is 17.2 Å². The van der Waals surface area contributed by atoms with E-state index in [0.717, 1.165) is 36.8 Å². The van der Waals surface area contributed by atoms with Crippen molar-refractivity contribution in [1.29, 1.82) is 0 Å². The molecule has 0 atom stereocenters.